The number of carboxylic acids is 1. The molecule has 0 fully saturated rings. The first kappa shape index (κ1) is 59.5. The van der Waals surface area contributed by atoms with Crippen molar-refractivity contribution in [3.63, 3.8) is 0 Å². The molecule has 63 heavy (non-hydrogen) atoms. The van der Waals surface area contributed by atoms with Gasteiger partial charge in [0.15, 0.2) is 12.1 Å². The van der Waals surface area contributed by atoms with E-state index < -0.39 is 18.1 Å². The lowest BCUT2D eigenvalue weighted by molar-refractivity contribution is -0.887. The molecule has 2 unspecified atom stereocenters. The average Bonchev–Trinajstić information content (AvgIpc) is 3.24. The van der Waals surface area contributed by atoms with E-state index in [1.807, 2.05) is 94.1 Å². The molecule has 0 heterocycles. The number of likely N-dealkylation sites (N-methyl/N-ethyl adjacent to an activating group) is 1. The first-order valence-electron chi connectivity index (χ1n) is 25.2. The van der Waals surface area contributed by atoms with Crippen LogP contribution in [0.5, 0.6) is 0 Å². The molecule has 0 aliphatic heterocycles. The van der Waals surface area contributed by atoms with Gasteiger partial charge in [-0.1, -0.05) is 227 Å². The first-order valence-corrected chi connectivity index (χ1v) is 25.2. The number of carboxylic acid groups (broad SMARTS) is 1. The molecule has 0 aliphatic rings. The van der Waals surface area contributed by atoms with Gasteiger partial charge in [-0.3, -0.25) is 9.59 Å². The number of nitrogens with zero attached hydrogens (tertiary/aromatic N) is 1. The van der Waals surface area contributed by atoms with E-state index in [1.54, 1.807) is 0 Å². The molecule has 2 atom stereocenters. The van der Waals surface area contributed by atoms with Gasteiger partial charge < -0.3 is 23.8 Å². The summed E-state index contributed by atoms with van der Waals surface area (Å²) in [5.74, 6) is -1.53. The van der Waals surface area contributed by atoms with Crippen LogP contribution in [0.2, 0.25) is 0 Å². The predicted octanol–water partition coefficient (Wildman–Crippen LogP) is 14.5. The van der Waals surface area contributed by atoms with Crippen LogP contribution in [0.1, 0.15) is 194 Å². The third kappa shape index (κ3) is 43.5. The van der Waals surface area contributed by atoms with Crippen LogP contribution in [-0.4, -0.2) is 80.6 Å². The van der Waals surface area contributed by atoms with Crippen LogP contribution in [0.15, 0.2) is 85.1 Å². The Morgan fingerprint density at radius 1 is 0.492 bits per heavy atom. The summed E-state index contributed by atoms with van der Waals surface area (Å²) in [5, 5.41) is 9.65. The normalized spacial score (nSPS) is 13.6. The number of carbonyl (C=O) groups is 3. The van der Waals surface area contributed by atoms with E-state index in [0.717, 1.165) is 44.9 Å². The Morgan fingerprint density at radius 2 is 0.889 bits per heavy atom. The van der Waals surface area contributed by atoms with E-state index in [1.165, 1.54) is 109 Å². The number of esters is 2. The number of ether oxygens (including phenoxy) is 3. The van der Waals surface area contributed by atoms with Gasteiger partial charge in [-0.2, -0.15) is 0 Å². The summed E-state index contributed by atoms with van der Waals surface area (Å²) in [5.41, 5.74) is 0. The van der Waals surface area contributed by atoms with Crippen LogP contribution in [0.3, 0.4) is 0 Å². The number of carbonyl (C=O) groups excluding carboxylic acids is 2. The van der Waals surface area contributed by atoms with Gasteiger partial charge in [-0.25, -0.2) is 4.79 Å². The standard InChI is InChI=1S/C55H93NO7/c1-6-8-10-12-14-16-18-20-22-24-26-28-29-31-33-35-37-39-41-43-45-53(57)62-50-51(49-61-48-47-52(55(59)60)56(3,4)5)63-54(58)46-44-42-40-38-36-34-32-30-27-25-23-21-19-17-15-13-11-9-7-2/h9,11,13,15,17,19,21,23,25,27,30,32,34,36,51-52H,6-8,10,12,14,16,18,20,22,24,26,28-29,31,33,35,37-50H2,1-5H3/p+1/b11-9+,15-13+,19-17+,23-21+,27-25+,32-30+,36-34+. The number of hydrogen-bond acceptors (Lipinski definition) is 6. The van der Waals surface area contributed by atoms with Crippen LogP contribution in [0.25, 0.3) is 0 Å². The lowest BCUT2D eigenvalue weighted by atomic mass is 10.0. The van der Waals surface area contributed by atoms with E-state index in [4.69, 9.17) is 14.2 Å². The number of quaternary nitrogens is 1. The molecule has 0 saturated carbocycles. The molecule has 0 saturated heterocycles. The van der Waals surface area contributed by atoms with E-state index >= 15 is 0 Å². The van der Waals surface area contributed by atoms with Crippen molar-refractivity contribution in [3.05, 3.63) is 85.1 Å². The Morgan fingerprint density at radius 3 is 1.32 bits per heavy atom. The molecule has 0 aromatic carbocycles. The fourth-order valence-corrected chi connectivity index (χ4v) is 7.13. The van der Waals surface area contributed by atoms with Crippen molar-refractivity contribution in [1.29, 1.82) is 0 Å². The Balaban J connectivity index is 4.35. The molecule has 360 valence electrons. The summed E-state index contributed by atoms with van der Waals surface area (Å²) in [4.78, 5) is 37.1. The van der Waals surface area contributed by atoms with Crippen molar-refractivity contribution in [2.75, 3.05) is 41.0 Å². The monoisotopic (exact) mass is 881 g/mol. The molecule has 0 radical (unpaired) electrons. The number of allylic oxidation sites excluding steroid dienone is 14. The SMILES string of the molecule is CC/C=C/C=C/C=C/C=C/C=C/C=C/C=C/CCCCCC(=O)OC(COCCC(C(=O)O)[N+](C)(C)C)COC(=O)CCCCCCCCCCCCCCCCCCCCCC. The zero-order valence-corrected chi connectivity index (χ0v) is 41.0. The molecular formula is C55H94NO7+. The molecule has 0 rings (SSSR count). The topological polar surface area (TPSA) is 99.1 Å². The second kappa shape index (κ2) is 45.1. The van der Waals surface area contributed by atoms with E-state index in [9.17, 15) is 19.5 Å². The third-order valence-corrected chi connectivity index (χ3v) is 11.0. The van der Waals surface area contributed by atoms with Gasteiger partial charge in [0.25, 0.3) is 0 Å². The van der Waals surface area contributed by atoms with Gasteiger partial charge in [0.05, 0.1) is 34.4 Å². The molecule has 8 nitrogen and oxygen atoms in total. The van der Waals surface area contributed by atoms with Gasteiger partial charge in [0, 0.05) is 19.3 Å². The predicted molar refractivity (Wildman–Crippen MR) is 266 cm³/mol. The third-order valence-electron chi connectivity index (χ3n) is 11.0. The highest BCUT2D eigenvalue weighted by molar-refractivity contribution is 5.72. The summed E-state index contributed by atoms with van der Waals surface area (Å²) in [7, 11) is 5.51. The molecule has 0 amide bonds. The van der Waals surface area contributed by atoms with Crippen molar-refractivity contribution in [1.82, 2.24) is 0 Å². The van der Waals surface area contributed by atoms with E-state index in [-0.39, 0.29) is 42.7 Å². The molecule has 0 bridgehead atoms. The quantitative estimate of drug-likeness (QED) is 0.0282. The first-order chi connectivity index (χ1) is 30.6. The highest BCUT2D eigenvalue weighted by Gasteiger charge is 2.31. The highest BCUT2D eigenvalue weighted by Crippen LogP contribution is 2.16. The fourth-order valence-electron chi connectivity index (χ4n) is 7.13. The van der Waals surface area contributed by atoms with Crippen LogP contribution in [-0.2, 0) is 28.6 Å². The molecular weight excluding hydrogens is 787 g/mol. The summed E-state index contributed by atoms with van der Waals surface area (Å²) in [6.45, 7) is 4.55. The smallest absolute Gasteiger partial charge is 0.362 e. The summed E-state index contributed by atoms with van der Waals surface area (Å²) < 4.78 is 17.3. The second-order valence-electron chi connectivity index (χ2n) is 17.9. The Bertz CT molecular complexity index is 1300. The van der Waals surface area contributed by atoms with Crippen LogP contribution >= 0.6 is 0 Å². The molecule has 0 aromatic rings. The molecule has 8 heteroatoms. The zero-order valence-electron chi connectivity index (χ0n) is 41.0. The minimum absolute atomic E-state index is 0.0391. The van der Waals surface area contributed by atoms with Crippen molar-refractivity contribution in [2.45, 2.75) is 206 Å². The molecule has 1 N–H and O–H groups in total. The highest BCUT2D eigenvalue weighted by atomic mass is 16.6. The van der Waals surface area contributed by atoms with Crippen molar-refractivity contribution in [3.8, 4) is 0 Å². The Kier molecular flexibility index (Phi) is 42.6. The van der Waals surface area contributed by atoms with Crippen molar-refractivity contribution >= 4 is 17.9 Å². The van der Waals surface area contributed by atoms with Gasteiger partial charge in [-0.05, 0) is 32.1 Å². The summed E-state index contributed by atoms with van der Waals surface area (Å²) in [6.07, 6.45) is 59.2. The molecule has 0 spiro atoms. The Labute approximate surface area is 386 Å². The van der Waals surface area contributed by atoms with E-state index in [2.05, 4.69) is 26.0 Å². The van der Waals surface area contributed by atoms with E-state index in [0.29, 0.717) is 19.3 Å². The minimum Gasteiger partial charge on any atom is -0.477 e. The van der Waals surface area contributed by atoms with Crippen LogP contribution in [0.4, 0.5) is 0 Å². The average molecular weight is 881 g/mol. The fraction of sp³-hybridized carbons (Fsp3) is 0.691. The van der Waals surface area contributed by atoms with Gasteiger partial charge in [0.1, 0.15) is 6.61 Å². The number of rotatable bonds is 44. The van der Waals surface area contributed by atoms with Gasteiger partial charge >= 0.3 is 17.9 Å². The van der Waals surface area contributed by atoms with Gasteiger partial charge in [0.2, 0.25) is 0 Å². The lowest BCUT2D eigenvalue weighted by Gasteiger charge is -2.31. The lowest BCUT2D eigenvalue weighted by Crippen LogP contribution is -2.50. The summed E-state index contributed by atoms with van der Waals surface area (Å²) in [6, 6.07) is -0.628. The molecule has 0 aromatic heterocycles. The molecule has 0 aliphatic carbocycles. The number of unbranched alkanes of at least 4 members (excludes halogenated alkanes) is 22. The van der Waals surface area contributed by atoms with Crippen LogP contribution < -0.4 is 0 Å². The van der Waals surface area contributed by atoms with Crippen LogP contribution in [0, 0.1) is 0 Å². The second-order valence-corrected chi connectivity index (χ2v) is 17.9. The maximum Gasteiger partial charge on any atom is 0.362 e. The van der Waals surface area contributed by atoms with Crippen molar-refractivity contribution < 1.29 is 38.2 Å². The minimum atomic E-state index is -0.885. The maximum atomic E-state index is 12.8. The largest absolute Gasteiger partial charge is 0.477 e. The maximum absolute atomic E-state index is 12.8. The summed E-state index contributed by atoms with van der Waals surface area (Å²) >= 11 is 0. The number of hydrogen-bond donors (Lipinski definition) is 1. The Hall–Kier alpha value is -3.49. The zero-order chi connectivity index (χ0) is 46.3. The van der Waals surface area contributed by atoms with Gasteiger partial charge in [-0.15, -0.1) is 0 Å². The van der Waals surface area contributed by atoms with Crippen molar-refractivity contribution in [2.24, 2.45) is 0 Å². The number of aliphatic carboxylic acids is 1.